The van der Waals surface area contributed by atoms with Gasteiger partial charge in [0, 0.05) is 18.6 Å². The molecule has 0 aromatic carbocycles. The molecule has 1 saturated heterocycles. The predicted molar refractivity (Wildman–Crippen MR) is 81.3 cm³/mol. The number of ether oxygens (including phenoxy) is 1. The summed E-state index contributed by atoms with van der Waals surface area (Å²) in [5.74, 6) is 2.61. The van der Waals surface area contributed by atoms with Crippen LogP contribution in [-0.2, 0) is 4.74 Å². The minimum absolute atomic E-state index is 0.455. The lowest BCUT2D eigenvalue weighted by molar-refractivity contribution is 0.0765. The molecule has 1 saturated carbocycles. The van der Waals surface area contributed by atoms with Crippen LogP contribution in [-0.4, -0.2) is 25.3 Å². The summed E-state index contributed by atoms with van der Waals surface area (Å²) in [6.45, 7) is 9.05. The van der Waals surface area contributed by atoms with Crippen molar-refractivity contribution in [2.24, 2.45) is 17.8 Å². The van der Waals surface area contributed by atoms with Crippen LogP contribution in [0.4, 0.5) is 0 Å². The van der Waals surface area contributed by atoms with Crippen LogP contribution in [0.15, 0.2) is 0 Å². The molecule has 0 amide bonds. The van der Waals surface area contributed by atoms with Crippen molar-refractivity contribution in [3.05, 3.63) is 0 Å². The van der Waals surface area contributed by atoms with E-state index in [1.807, 2.05) is 0 Å². The van der Waals surface area contributed by atoms with E-state index >= 15 is 0 Å². The maximum Gasteiger partial charge on any atom is 0.0590 e. The second-order valence-electron chi connectivity index (χ2n) is 6.71. The Balaban J connectivity index is 1.99. The summed E-state index contributed by atoms with van der Waals surface area (Å²) in [4.78, 5) is 0. The molecule has 2 fully saturated rings. The van der Waals surface area contributed by atoms with Gasteiger partial charge in [-0.3, -0.25) is 0 Å². The van der Waals surface area contributed by atoms with Gasteiger partial charge in [-0.2, -0.15) is 0 Å². The third-order valence-electron chi connectivity index (χ3n) is 5.43. The molecule has 1 aliphatic carbocycles. The molecule has 112 valence electrons. The molecule has 19 heavy (non-hydrogen) atoms. The minimum Gasteiger partial charge on any atom is -0.378 e. The first-order chi connectivity index (χ1) is 9.26. The number of hydrogen-bond donors (Lipinski definition) is 1. The van der Waals surface area contributed by atoms with Gasteiger partial charge in [-0.15, -0.1) is 0 Å². The van der Waals surface area contributed by atoms with Crippen LogP contribution in [0.5, 0.6) is 0 Å². The van der Waals surface area contributed by atoms with Crippen LogP contribution in [0.25, 0.3) is 0 Å². The molecule has 1 N–H and O–H groups in total. The molecular formula is C17H33NO. The standard InChI is InChI=1S/C17H33NO/c1-4-10-18-17(16-9-11-19-13(16)3)15-8-6-7-14(5-2)12-15/h13-18H,4-12H2,1-3H3. The van der Waals surface area contributed by atoms with Crippen LogP contribution in [0.2, 0.25) is 0 Å². The van der Waals surface area contributed by atoms with E-state index in [9.17, 15) is 0 Å². The van der Waals surface area contributed by atoms with Crippen molar-refractivity contribution >= 4 is 0 Å². The SMILES string of the molecule is CCCNC(C1CCCC(CC)C1)C1CCOC1C. The monoisotopic (exact) mass is 267 g/mol. The summed E-state index contributed by atoms with van der Waals surface area (Å²) in [5.41, 5.74) is 0. The Hall–Kier alpha value is -0.0800. The molecule has 0 aromatic heterocycles. The van der Waals surface area contributed by atoms with Gasteiger partial charge >= 0.3 is 0 Å². The summed E-state index contributed by atoms with van der Waals surface area (Å²) in [6, 6.07) is 0.701. The molecule has 2 aliphatic rings. The van der Waals surface area contributed by atoms with Gasteiger partial charge < -0.3 is 10.1 Å². The van der Waals surface area contributed by atoms with Gasteiger partial charge in [0.25, 0.3) is 0 Å². The molecule has 2 nitrogen and oxygen atoms in total. The lowest BCUT2D eigenvalue weighted by Crippen LogP contribution is -2.46. The maximum absolute atomic E-state index is 5.83. The molecule has 5 unspecified atom stereocenters. The van der Waals surface area contributed by atoms with Gasteiger partial charge in [0.05, 0.1) is 6.10 Å². The highest BCUT2D eigenvalue weighted by molar-refractivity contribution is 4.91. The van der Waals surface area contributed by atoms with Crippen LogP contribution >= 0.6 is 0 Å². The van der Waals surface area contributed by atoms with Gasteiger partial charge in [-0.05, 0) is 51.0 Å². The molecule has 1 aliphatic heterocycles. The van der Waals surface area contributed by atoms with Gasteiger partial charge in [0.1, 0.15) is 0 Å². The topological polar surface area (TPSA) is 21.3 Å². The van der Waals surface area contributed by atoms with Gasteiger partial charge in [0.15, 0.2) is 0 Å². The Labute approximate surface area is 119 Å². The van der Waals surface area contributed by atoms with Crippen molar-refractivity contribution < 1.29 is 4.74 Å². The molecule has 0 radical (unpaired) electrons. The van der Waals surface area contributed by atoms with Crippen LogP contribution in [0.3, 0.4) is 0 Å². The fourth-order valence-corrected chi connectivity index (χ4v) is 4.23. The van der Waals surface area contributed by atoms with Crippen LogP contribution < -0.4 is 5.32 Å². The third kappa shape index (κ3) is 3.95. The largest absolute Gasteiger partial charge is 0.378 e. The van der Waals surface area contributed by atoms with E-state index < -0.39 is 0 Å². The van der Waals surface area contributed by atoms with Crippen molar-refractivity contribution in [1.82, 2.24) is 5.32 Å². The second kappa shape index (κ2) is 7.64. The molecule has 5 atom stereocenters. The van der Waals surface area contributed by atoms with Crippen LogP contribution in [0, 0.1) is 17.8 Å². The van der Waals surface area contributed by atoms with E-state index in [0.717, 1.165) is 24.4 Å². The van der Waals surface area contributed by atoms with E-state index in [-0.39, 0.29) is 0 Å². The van der Waals surface area contributed by atoms with Crippen molar-refractivity contribution in [2.75, 3.05) is 13.2 Å². The summed E-state index contributed by atoms with van der Waals surface area (Å²) in [7, 11) is 0. The Morgan fingerprint density at radius 1 is 1.21 bits per heavy atom. The first-order valence-electron chi connectivity index (χ1n) is 8.61. The Kier molecular flexibility index (Phi) is 6.15. The van der Waals surface area contributed by atoms with E-state index in [2.05, 4.69) is 26.1 Å². The van der Waals surface area contributed by atoms with Gasteiger partial charge in [0.2, 0.25) is 0 Å². The van der Waals surface area contributed by atoms with E-state index in [4.69, 9.17) is 4.74 Å². The quantitative estimate of drug-likeness (QED) is 0.785. The van der Waals surface area contributed by atoms with Crippen molar-refractivity contribution in [3.63, 3.8) is 0 Å². The first kappa shape index (κ1) is 15.3. The summed E-state index contributed by atoms with van der Waals surface area (Å²) >= 11 is 0. The fourth-order valence-electron chi connectivity index (χ4n) is 4.23. The third-order valence-corrected chi connectivity index (χ3v) is 5.43. The second-order valence-corrected chi connectivity index (χ2v) is 6.71. The van der Waals surface area contributed by atoms with Gasteiger partial charge in [-0.1, -0.05) is 33.1 Å². The molecule has 2 heteroatoms. The number of rotatable bonds is 6. The molecule has 2 rings (SSSR count). The van der Waals surface area contributed by atoms with Crippen LogP contribution in [0.1, 0.15) is 65.7 Å². The highest BCUT2D eigenvalue weighted by Crippen LogP contribution is 2.38. The van der Waals surface area contributed by atoms with E-state index in [1.54, 1.807) is 0 Å². The lowest BCUT2D eigenvalue weighted by atomic mass is 9.72. The van der Waals surface area contributed by atoms with Crippen molar-refractivity contribution in [3.8, 4) is 0 Å². The Bertz CT molecular complexity index is 256. The molecule has 0 aromatic rings. The van der Waals surface area contributed by atoms with E-state index in [1.165, 1.54) is 51.5 Å². The van der Waals surface area contributed by atoms with E-state index in [0.29, 0.717) is 12.1 Å². The van der Waals surface area contributed by atoms with Gasteiger partial charge in [-0.25, -0.2) is 0 Å². The zero-order chi connectivity index (χ0) is 13.7. The molecule has 0 bridgehead atoms. The Morgan fingerprint density at radius 2 is 2.05 bits per heavy atom. The van der Waals surface area contributed by atoms with Crippen molar-refractivity contribution in [2.45, 2.75) is 77.9 Å². The number of hydrogen-bond acceptors (Lipinski definition) is 2. The highest BCUT2D eigenvalue weighted by atomic mass is 16.5. The first-order valence-corrected chi connectivity index (χ1v) is 8.61. The molecule has 0 spiro atoms. The molecule has 1 heterocycles. The lowest BCUT2D eigenvalue weighted by Gasteiger charge is -2.38. The zero-order valence-electron chi connectivity index (χ0n) is 13.2. The maximum atomic E-state index is 5.83. The predicted octanol–water partition coefficient (Wildman–Crippen LogP) is 4.00. The summed E-state index contributed by atoms with van der Waals surface area (Å²) < 4.78 is 5.83. The minimum atomic E-state index is 0.455. The average molecular weight is 267 g/mol. The Morgan fingerprint density at radius 3 is 2.68 bits per heavy atom. The number of nitrogens with one attached hydrogen (secondary N) is 1. The average Bonchev–Trinajstić information content (AvgIpc) is 2.86. The zero-order valence-corrected chi connectivity index (χ0v) is 13.2. The van der Waals surface area contributed by atoms with Crippen molar-refractivity contribution in [1.29, 1.82) is 0 Å². The smallest absolute Gasteiger partial charge is 0.0590 e. The molecular weight excluding hydrogens is 234 g/mol. The highest BCUT2D eigenvalue weighted by Gasteiger charge is 2.37. The summed E-state index contributed by atoms with van der Waals surface area (Å²) in [5, 5.41) is 3.88. The normalized spacial score (nSPS) is 37.4. The fraction of sp³-hybridized carbons (Fsp3) is 1.00. The summed E-state index contributed by atoms with van der Waals surface area (Å²) in [6.07, 6.45) is 10.1.